The largest absolute Gasteiger partial charge is 0.490 e. The van der Waals surface area contributed by atoms with E-state index in [1.165, 1.54) is 12.1 Å². The van der Waals surface area contributed by atoms with Crippen molar-refractivity contribution >= 4 is 29.4 Å². The van der Waals surface area contributed by atoms with Gasteiger partial charge in [-0.25, -0.2) is 9.18 Å². The molecule has 0 aliphatic carbocycles. The SMILES string of the molecule is CCOc1cc(/C=C2\C=C(c3ccc(Cl)cc3)OC2=O)ccc1OCc1cccc(F)c1. The molecular weight excluding hydrogens is 431 g/mol. The van der Waals surface area contributed by atoms with Gasteiger partial charge in [0.1, 0.15) is 18.2 Å². The standard InChI is InChI=1S/C26H20ClFO4/c1-2-30-25-14-17(6-11-23(25)31-16-18-4-3-5-22(28)13-18)12-20-15-24(32-26(20)29)19-7-9-21(27)10-8-19/h3-15H,2,16H2,1H3/b20-12+. The first-order chi connectivity index (χ1) is 15.5. The Morgan fingerprint density at radius 1 is 1.00 bits per heavy atom. The third-order valence-corrected chi connectivity index (χ3v) is 4.98. The van der Waals surface area contributed by atoms with Gasteiger partial charge in [0, 0.05) is 10.6 Å². The molecule has 0 saturated carbocycles. The number of hydrogen-bond donors (Lipinski definition) is 0. The lowest BCUT2D eigenvalue weighted by atomic mass is 10.1. The summed E-state index contributed by atoms with van der Waals surface area (Å²) in [5.41, 5.74) is 2.66. The van der Waals surface area contributed by atoms with Crippen molar-refractivity contribution < 1.29 is 23.4 Å². The van der Waals surface area contributed by atoms with E-state index in [9.17, 15) is 9.18 Å². The highest BCUT2D eigenvalue weighted by Gasteiger charge is 2.22. The predicted octanol–water partition coefficient (Wildman–Crippen LogP) is 6.44. The van der Waals surface area contributed by atoms with Gasteiger partial charge in [0.2, 0.25) is 0 Å². The maximum Gasteiger partial charge on any atom is 0.343 e. The summed E-state index contributed by atoms with van der Waals surface area (Å²) < 4.78 is 30.3. The van der Waals surface area contributed by atoms with Gasteiger partial charge in [-0.05, 0) is 78.7 Å². The molecule has 1 heterocycles. The number of rotatable bonds is 7. The summed E-state index contributed by atoms with van der Waals surface area (Å²) in [6.45, 7) is 2.52. The predicted molar refractivity (Wildman–Crippen MR) is 122 cm³/mol. The normalized spacial score (nSPS) is 14.3. The molecule has 0 fully saturated rings. The highest BCUT2D eigenvalue weighted by atomic mass is 35.5. The van der Waals surface area contributed by atoms with Gasteiger partial charge in [0.25, 0.3) is 0 Å². The smallest absolute Gasteiger partial charge is 0.343 e. The van der Waals surface area contributed by atoms with E-state index >= 15 is 0 Å². The van der Waals surface area contributed by atoms with Gasteiger partial charge in [-0.15, -0.1) is 0 Å². The molecule has 0 unspecified atom stereocenters. The second-order valence-electron chi connectivity index (χ2n) is 7.06. The Morgan fingerprint density at radius 2 is 1.81 bits per heavy atom. The van der Waals surface area contributed by atoms with Crippen LogP contribution in [0.3, 0.4) is 0 Å². The van der Waals surface area contributed by atoms with E-state index in [1.807, 2.05) is 13.0 Å². The third kappa shape index (κ3) is 5.18. The number of esters is 1. The molecule has 0 saturated heterocycles. The maximum atomic E-state index is 13.4. The number of hydrogen-bond acceptors (Lipinski definition) is 4. The number of cyclic esters (lactones) is 1. The Balaban J connectivity index is 1.55. The lowest BCUT2D eigenvalue weighted by Gasteiger charge is -2.13. The minimum absolute atomic E-state index is 0.206. The van der Waals surface area contributed by atoms with Gasteiger partial charge in [-0.2, -0.15) is 0 Å². The van der Waals surface area contributed by atoms with Crippen LogP contribution in [-0.4, -0.2) is 12.6 Å². The fourth-order valence-electron chi connectivity index (χ4n) is 3.21. The molecule has 4 nitrogen and oxygen atoms in total. The molecule has 0 atom stereocenters. The molecule has 4 rings (SSSR count). The third-order valence-electron chi connectivity index (χ3n) is 4.73. The summed E-state index contributed by atoms with van der Waals surface area (Å²) in [5.74, 6) is 0.793. The second kappa shape index (κ2) is 9.71. The molecule has 0 N–H and O–H groups in total. The first-order valence-electron chi connectivity index (χ1n) is 10.1. The fraction of sp³-hybridized carbons (Fsp3) is 0.115. The quantitative estimate of drug-likeness (QED) is 0.307. The van der Waals surface area contributed by atoms with E-state index in [0.29, 0.717) is 40.0 Å². The van der Waals surface area contributed by atoms with Crippen molar-refractivity contribution in [3.8, 4) is 11.5 Å². The summed E-state index contributed by atoms with van der Waals surface area (Å²) >= 11 is 5.92. The Morgan fingerprint density at radius 3 is 2.56 bits per heavy atom. The molecule has 32 heavy (non-hydrogen) atoms. The van der Waals surface area contributed by atoms with E-state index < -0.39 is 5.97 Å². The van der Waals surface area contributed by atoms with Gasteiger partial charge >= 0.3 is 5.97 Å². The van der Waals surface area contributed by atoms with Crippen LogP contribution in [-0.2, 0) is 16.1 Å². The summed E-state index contributed by atoms with van der Waals surface area (Å²) in [7, 11) is 0. The molecule has 6 heteroatoms. The molecule has 0 radical (unpaired) electrons. The molecule has 0 amide bonds. The van der Waals surface area contributed by atoms with Crippen LogP contribution in [0.5, 0.6) is 11.5 Å². The molecule has 1 aliphatic rings. The van der Waals surface area contributed by atoms with Crippen molar-refractivity contribution in [2.45, 2.75) is 13.5 Å². The Hall–Kier alpha value is -3.57. The van der Waals surface area contributed by atoms with Crippen LogP contribution in [0, 0.1) is 5.82 Å². The molecule has 1 aliphatic heterocycles. The van der Waals surface area contributed by atoms with E-state index in [2.05, 4.69) is 0 Å². The van der Waals surface area contributed by atoms with Gasteiger partial charge in [-0.1, -0.05) is 29.8 Å². The van der Waals surface area contributed by atoms with Crippen molar-refractivity contribution in [2.75, 3.05) is 6.61 Å². The van der Waals surface area contributed by atoms with Crippen molar-refractivity contribution in [1.29, 1.82) is 0 Å². The first kappa shape index (κ1) is 21.7. The number of ether oxygens (including phenoxy) is 3. The zero-order valence-electron chi connectivity index (χ0n) is 17.3. The summed E-state index contributed by atoms with van der Waals surface area (Å²) in [4.78, 5) is 12.3. The molecule has 3 aromatic rings. The van der Waals surface area contributed by atoms with Gasteiger partial charge in [-0.3, -0.25) is 0 Å². The summed E-state index contributed by atoms with van der Waals surface area (Å²) in [6.07, 6.45) is 3.42. The van der Waals surface area contributed by atoms with Crippen LogP contribution >= 0.6 is 11.6 Å². The molecule has 0 spiro atoms. The van der Waals surface area contributed by atoms with E-state index in [4.69, 9.17) is 25.8 Å². The minimum Gasteiger partial charge on any atom is -0.490 e. The van der Waals surface area contributed by atoms with Crippen LogP contribution in [0.4, 0.5) is 4.39 Å². The van der Waals surface area contributed by atoms with Crippen LogP contribution in [0.15, 0.2) is 78.4 Å². The van der Waals surface area contributed by atoms with E-state index in [-0.39, 0.29) is 12.4 Å². The average molecular weight is 451 g/mol. The zero-order chi connectivity index (χ0) is 22.5. The van der Waals surface area contributed by atoms with Crippen molar-refractivity contribution in [3.63, 3.8) is 0 Å². The second-order valence-corrected chi connectivity index (χ2v) is 7.50. The first-order valence-corrected chi connectivity index (χ1v) is 10.5. The minimum atomic E-state index is -0.431. The summed E-state index contributed by atoms with van der Waals surface area (Å²) in [5, 5.41) is 0.609. The average Bonchev–Trinajstić information content (AvgIpc) is 3.14. The van der Waals surface area contributed by atoms with Crippen molar-refractivity contribution in [1.82, 2.24) is 0 Å². The summed E-state index contributed by atoms with van der Waals surface area (Å²) in [6, 6.07) is 18.7. The molecule has 3 aromatic carbocycles. The lowest BCUT2D eigenvalue weighted by Crippen LogP contribution is -2.00. The number of carbonyl (C=O) groups is 1. The topological polar surface area (TPSA) is 44.8 Å². The molecule has 0 bridgehead atoms. The highest BCUT2D eigenvalue weighted by Crippen LogP contribution is 2.32. The number of halogens is 2. The van der Waals surface area contributed by atoms with Crippen molar-refractivity contribution in [2.24, 2.45) is 0 Å². The van der Waals surface area contributed by atoms with Gasteiger partial charge < -0.3 is 14.2 Å². The van der Waals surface area contributed by atoms with Gasteiger partial charge in [0.15, 0.2) is 11.5 Å². The van der Waals surface area contributed by atoms with Crippen LogP contribution in [0.1, 0.15) is 23.6 Å². The van der Waals surface area contributed by atoms with Crippen LogP contribution < -0.4 is 9.47 Å². The zero-order valence-corrected chi connectivity index (χ0v) is 18.1. The monoisotopic (exact) mass is 450 g/mol. The number of carbonyl (C=O) groups excluding carboxylic acids is 1. The number of benzene rings is 3. The fourth-order valence-corrected chi connectivity index (χ4v) is 3.34. The van der Waals surface area contributed by atoms with E-state index in [1.54, 1.807) is 60.7 Å². The Kier molecular flexibility index (Phi) is 6.57. The van der Waals surface area contributed by atoms with Gasteiger partial charge in [0.05, 0.1) is 12.2 Å². The van der Waals surface area contributed by atoms with E-state index in [0.717, 1.165) is 11.1 Å². The van der Waals surface area contributed by atoms with Crippen molar-refractivity contribution in [3.05, 3.63) is 106 Å². The van der Waals surface area contributed by atoms with Crippen LogP contribution in [0.25, 0.3) is 11.8 Å². The van der Waals surface area contributed by atoms with Crippen LogP contribution in [0.2, 0.25) is 5.02 Å². The highest BCUT2D eigenvalue weighted by molar-refractivity contribution is 6.30. The lowest BCUT2D eigenvalue weighted by molar-refractivity contribution is -0.130. The molecular formula is C26H20ClFO4. The molecule has 162 valence electrons. The molecule has 0 aromatic heterocycles. The maximum absolute atomic E-state index is 13.4. The Labute approximate surface area is 190 Å². The Bertz CT molecular complexity index is 1200.